The maximum absolute atomic E-state index is 5.71. The second kappa shape index (κ2) is 5.46. The third kappa shape index (κ3) is 3.06. The highest BCUT2D eigenvalue weighted by Crippen LogP contribution is 2.24. The SMILES string of the molecule is Nc1nc(N)nc(-c2ccc(Oc3ccccc3)cc2)n1. The highest BCUT2D eigenvalue weighted by molar-refractivity contribution is 5.58. The van der Waals surface area contributed by atoms with E-state index in [0.29, 0.717) is 5.82 Å². The largest absolute Gasteiger partial charge is 0.457 e. The van der Waals surface area contributed by atoms with Crippen LogP contribution in [-0.4, -0.2) is 15.0 Å². The predicted molar refractivity (Wildman–Crippen MR) is 80.6 cm³/mol. The van der Waals surface area contributed by atoms with Gasteiger partial charge in [0.05, 0.1) is 0 Å². The van der Waals surface area contributed by atoms with E-state index in [2.05, 4.69) is 15.0 Å². The van der Waals surface area contributed by atoms with Crippen molar-refractivity contribution in [3.63, 3.8) is 0 Å². The molecule has 1 heterocycles. The van der Waals surface area contributed by atoms with Crippen LogP contribution in [0.25, 0.3) is 11.4 Å². The van der Waals surface area contributed by atoms with E-state index in [1.54, 1.807) is 0 Å². The Labute approximate surface area is 121 Å². The van der Waals surface area contributed by atoms with Gasteiger partial charge in [-0.3, -0.25) is 0 Å². The molecule has 6 heteroatoms. The minimum absolute atomic E-state index is 0.0992. The first kappa shape index (κ1) is 12.9. The fraction of sp³-hybridized carbons (Fsp3) is 0. The average molecular weight is 279 g/mol. The van der Waals surface area contributed by atoms with Crippen molar-refractivity contribution in [1.29, 1.82) is 0 Å². The van der Waals surface area contributed by atoms with E-state index in [4.69, 9.17) is 16.2 Å². The molecule has 0 aliphatic heterocycles. The van der Waals surface area contributed by atoms with E-state index in [-0.39, 0.29) is 11.9 Å². The van der Waals surface area contributed by atoms with Gasteiger partial charge in [-0.15, -0.1) is 0 Å². The molecule has 0 aliphatic rings. The third-order valence-corrected chi connectivity index (χ3v) is 2.76. The summed E-state index contributed by atoms with van der Waals surface area (Å²) in [4.78, 5) is 11.8. The zero-order valence-electron chi connectivity index (χ0n) is 11.1. The van der Waals surface area contributed by atoms with Crippen LogP contribution in [0.2, 0.25) is 0 Å². The zero-order chi connectivity index (χ0) is 14.7. The molecule has 6 nitrogen and oxygen atoms in total. The molecule has 2 aromatic carbocycles. The summed E-state index contributed by atoms with van der Waals surface area (Å²) >= 11 is 0. The summed E-state index contributed by atoms with van der Waals surface area (Å²) in [5, 5.41) is 0. The number of para-hydroxylation sites is 1. The molecule has 4 N–H and O–H groups in total. The smallest absolute Gasteiger partial charge is 0.225 e. The fourth-order valence-electron chi connectivity index (χ4n) is 1.84. The Morgan fingerprint density at radius 1 is 0.667 bits per heavy atom. The molecule has 1 aromatic heterocycles. The lowest BCUT2D eigenvalue weighted by Crippen LogP contribution is -2.04. The van der Waals surface area contributed by atoms with E-state index >= 15 is 0 Å². The van der Waals surface area contributed by atoms with Gasteiger partial charge in [-0.05, 0) is 36.4 Å². The van der Waals surface area contributed by atoms with Crippen LogP contribution in [-0.2, 0) is 0 Å². The van der Waals surface area contributed by atoms with Crippen molar-refractivity contribution in [3.8, 4) is 22.9 Å². The van der Waals surface area contributed by atoms with E-state index in [1.807, 2.05) is 54.6 Å². The average Bonchev–Trinajstić information content (AvgIpc) is 2.48. The molecule has 0 bridgehead atoms. The molecule has 0 saturated carbocycles. The van der Waals surface area contributed by atoms with Crippen molar-refractivity contribution in [3.05, 3.63) is 54.6 Å². The molecule has 0 saturated heterocycles. The standard InChI is InChI=1S/C15H13N5O/c16-14-18-13(19-15(17)20-14)10-6-8-12(9-7-10)21-11-4-2-1-3-5-11/h1-9H,(H4,16,17,18,19,20). The number of nitrogens with zero attached hydrogens (tertiary/aromatic N) is 3. The first-order valence-corrected chi connectivity index (χ1v) is 6.31. The van der Waals surface area contributed by atoms with Crippen LogP contribution in [0.3, 0.4) is 0 Å². The lowest BCUT2D eigenvalue weighted by atomic mass is 10.2. The summed E-state index contributed by atoms with van der Waals surface area (Å²) in [5.41, 5.74) is 11.9. The Morgan fingerprint density at radius 3 is 1.86 bits per heavy atom. The number of anilines is 2. The summed E-state index contributed by atoms with van der Waals surface area (Å²) in [5.74, 6) is 2.13. The lowest BCUT2D eigenvalue weighted by molar-refractivity contribution is 0.483. The second-order valence-corrected chi connectivity index (χ2v) is 4.31. The van der Waals surface area contributed by atoms with Gasteiger partial charge >= 0.3 is 0 Å². The first-order chi connectivity index (χ1) is 10.2. The molecule has 21 heavy (non-hydrogen) atoms. The van der Waals surface area contributed by atoms with Crippen LogP contribution in [0, 0.1) is 0 Å². The van der Waals surface area contributed by atoms with Crippen molar-refractivity contribution in [2.45, 2.75) is 0 Å². The minimum atomic E-state index is 0.0992. The number of hydrogen-bond donors (Lipinski definition) is 2. The molecule has 0 unspecified atom stereocenters. The summed E-state index contributed by atoms with van der Waals surface area (Å²) < 4.78 is 5.71. The molecule has 0 fully saturated rings. The summed E-state index contributed by atoms with van der Waals surface area (Å²) in [7, 11) is 0. The van der Waals surface area contributed by atoms with Crippen molar-refractivity contribution in [2.75, 3.05) is 11.5 Å². The molecule has 3 rings (SSSR count). The van der Waals surface area contributed by atoms with Gasteiger partial charge in [0, 0.05) is 5.56 Å². The van der Waals surface area contributed by atoms with Gasteiger partial charge in [0.1, 0.15) is 11.5 Å². The van der Waals surface area contributed by atoms with Crippen LogP contribution in [0.4, 0.5) is 11.9 Å². The van der Waals surface area contributed by atoms with Crippen LogP contribution in [0.1, 0.15) is 0 Å². The monoisotopic (exact) mass is 279 g/mol. The number of hydrogen-bond acceptors (Lipinski definition) is 6. The van der Waals surface area contributed by atoms with Gasteiger partial charge in [-0.25, -0.2) is 0 Å². The number of nitrogens with two attached hydrogens (primary N) is 2. The minimum Gasteiger partial charge on any atom is -0.457 e. The van der Waals surface area contributed by atoms with Crippen molar-refractivity contribution in [1.82, 2.24) is 15.0 Å². The highest BCUT2D eigenvalue weighted by atomic mass is 16.5. The number of ether oxygens (including phenoxy) is 1. The maximum atomic E-state index is 5.71. The van der Waals surface area contributed by atoms with Gasteiger partial charge in [0.2, 0.25) is 11.9 Å². The molecule has 0 amide bonds. The van der Waals surface area contributed by atoms with Crippen LogP contribution >= 0.6 is 0 Å². The summed E-state index contributed by atoms with van der Waals surface area (Å²) in [6, 6.07) is 16.9. The van der Waals surface area contributed by atoms with Gasteiger partial charge in [-0.1, -0.05) is 18.2 Å². The Kier molecular flexibility index (Phi) is 3.34. The Bertz CT molecular complexity index is 724. The van der Waals surface area contributed by atoms with Gasteiger partial charge < -0.3 is 16.2 Å². The molecule has 0 aliphatic carbocycles. The molecule has 0 atom stereocenters. The lowest BCUT2D eigenvalue weighted by Gasteiger charge is -2.06. The van der Waals surface area contributed by atoms with Crippen molar-refractivity contribution in [2.24, 2.45) is 0 Å². The number of benzene rings is 2. The number of aromatic nitrogens is 3. The van der Waals surface area contributed by atoms with Crippen LogP contribution in [0.5, 0.6) is 11.5 Å². The van der Waals surface area contributed by atoms with Gasteiger partial charge in [-0.2, -0.15) is 15.0 Å². The maximum Gasteiger partial charge on any atom is 0.225 e. The molecular weight excluding hydrogens is 266 g/mol. The normalized spacial score (nSPS) is 10.3. The molecule has 104 valence electrons. The Morgan fingerprint density at radius 2 is 1.24 bits per heavy atom. The quantitative estimate of drug-likeness (QED) is 0.764. The van der Waals surface area contributed by atoms with Gasteiger partial charge in [0.25, 0.3) is 0 Å². The highest BCUT2D eigenvalue weighted by Gasteiger charge is 2.05. The molecular formula is C15H13N5O. The predicted octanol–water partition coefficient (Wildman–Crippen LogP) is 2.50. The number of nitrogen functional groups attached to an aromatic ring is 2. The Balaban J connectivity index is 1.84. The van der Waals surface area contributed by atoms with Crippen LogP contribution < -0.4 is 16.2 Å². The van der Waals surface area contributed by atoms with E-state index < -0.39 is 0 Å². The molecule has 3 aromatic rings. The molecule has 0 spiro atoms. The molecule has 0 radical (unpaired) electrons. The van der Waals surface area contributed by atoms with Crippen molar-refractivity contribution >= 4 is 11.9 Å². The summed E-state index contributed by atoms with van der Waals surface area (Å²) in [6.07, 6.45) is 0. The van der Waals surface area contributed by atoms with E-state index in [0.717, 1.165) is 17.1 Å². The van der Waals surface area contributed by atoms with Crippen LogP contribution in [0.15, 0.2) is 54.6 Å². The zero-order valence-corrected chi connectivity index (χ0v) is 11.1. The number of rotatable bonds is 3. The van der Waals surface area contributed by atoms with Crippen molar-refractivity contribution < 1.29 is 4.74 Å². The van der Waals surface area contributed by atoms with E-state index in [9.17, 15) is 0 Å². The van der Waals surface area contributed by atoms with Gasteiger partial charge in [0.15, 0.2) is 5.82 Å². The summed E-state index contributed by atoms with van der Waals surface area (Å²) in [6.45, 7) is 0. The fourth-order valence-corrected chi connectivity index (χ4v) is 1.84. The Hall–Kier alpha value is -3.15. The third-order valence-electron chi connectivity index (χ3n) is 2.76. The van der Waals surface area contributed by atoms with E-state index in [1.165, 1.54) is 0 Å². The topological polar surface area (TPSA) is 99.9 Å². The second-order valence-electron chi connectivity index (χ2n) is 4.31. The first-order valence-electron chi connectivity index (χ1n) is 6.31.